The molecule has 6 heteroatoms. The summed E-state index contributed by atoms with van der Waals surface area (Å²) in [7, 11) is 0. The molecule has 0 aliphatic rings. The van der Waals surface area contributed by atoms with Gasteiger partial charge in [-0.2, -0.15) is 0 Å². The smallest absolute Gasteiger partial charge is 0.264 e. The molecule has 0 saturated carbocycles. The van der Waals surface area contributed by atoms with Crippen LogP contribution in [0, 0.1) is 0 Å². The average molecular weight is 266 g/mol. The summed E-state index contributed by atoms with van der Waals surface area (Å²) in [5.41, 5.74) is -1.10. The Labute approximate surface area is 86.3 Å². The van der Waals surface area contributed by atoms with Crippen LogP contribution < -0.4 is 5.56 Å². The second kappa shape index (κ2) is 4.45. The van der Waals surface area contributed by atoms with Crippen molar-refractivity contribution >= 4 is 22.2 Å². The Balaban J connectivity index is 3.47. The van der Waals surface area contributed by atoms with E-state index < -0.39 is 17.5 Å². The largest absolute Gasteiger partial charge is 0.319 e. The number of carbonyl (C=O) groups is 1. The van der Waals surface area contributed by atoms with E-state index in [9.17, 15) is 18.4 Å². The van der Waals surface area contributed by atoms with Gasteiger partial charge in [0.15, 0.2) is 6.29 Å². The second-order valence-corrected chi connectivity index (χ2v) is 3.09. The van der Waals surface area contributed by atoms with E-state index in [1.807, 2.05) is 0 Å². The van der Waals surface area contributed by atoms with Gasteiger partial charge in [-0.25, -0.2) is 8.78 Å². The predicted octanol–water partition coefficient (Wildman–Crippen LogP) is 2.02. The van der Waals surface area contributed by atoms with Gasteiger partial charge in [-0.15, -0.1) is 0 Å². The Bertz CT molecular complexity index is 403. The first-order chi connectivity index (χ1) is 6.60. The maximum absolute atomic E-state index is 12.4. The predicted molar refractivity (Wildman–Crippen MR) is 50.0 cm³/mol. The highest BCUT2D eigenvalue weighted by atomic mass is 79.9. The Morgan fingerprint density at radius 1 is 1.57 bits per heavy atom. The quantitative estimate of drug-likeness (QED) is 0.672. The molecule has 1 heterocycles. The van der Waals surface area contributed by atoms with E-state index in [-0.39, 0.29) is 16.6 Å². The molecule has 76 valence electrons. The molecule has 0 bridgehead atoms. The number of carbonyl (C=O) groups excluding carboxylic acids is 1. The van der Waals surface area contributed by atoms with E-state index in [0.29, 0.717) is 6.29 Å². The fourth-order valence-corrected chi connectivity index (χ4v) is 1.70. The summed E-state index contributed by atoms with van der Waals surface area (Å²) in [4.78, 5) is 23.5. The highest BCUT2D eigenvalue weighted by molar-refractivity contribution is 9.08. The van der Waals surface area contributed by atoms with Gasteiger partial charge in [-0.3, -0.25) is 9.59 Å². The lowest BCUT2D eigenvalue weighted by atomic mass is 10.1. The third-order valence-electron chi connectivity index (χ3n) is 1.70. The first kappa shape index (κ1) is 11.0. The number of aromatic nitrogens is 1. The molecule has 1 N–H and O–H groups in total. The van der Waals surface area contributed by atoms with Crippen LogP contribution in [0.5, 0.6) is 0 Å². The SMILES string of the molecule is O=Cc1[nH]c(=O)cc(C(F)F)c1CBr. The Morgan fingerprint density at radius 2 is 2.21 bits per heavy atom. The van der Waals surface area contributed by atoms with Crippen LogP contribution in [-0.2, 0) is 5.33 Å². The molecule has 3 nitrogen and oxygen atoms in total. The standard InChI is InChI=1S/C8H6BrF2NO2/c9-2-5-4(8(10)11)1-7(14)12-6(5)3-13/h1,3,8H,2H2,(H,12,14). The lowest BCUT2D eigenvalue weighted by molar-refractivity contribution is 0.111. The molecular formula is C8H6BrF2NO2. The van der Waals surface area contributed by atoms with Gasteiger partial charge in [0.25, 0.3) is 6.43 Å². The Kier molecular flexibility index (Phi) is 3.51. The highest BCUT2D eigenvalue weighted by Crippen LogP contribution is 2.24. The molecule has 1 rings (SSSR count). The van der Waals surface area contributed by atoms with E-state index in [2.05, 4.69) is 20.9 Å². The normalized spacial score (nSPS) is 10.6. The number of aldehydes is 1. The summed E-state index contributed by atoms with van der Waals surface area (Å²) in [5.74, 6) is 0. The van der Waals surface area contributed by atoms with Crippen molar-refractivity contribution in [1.29, 1.82) is 0 Å². The summed E-state index contributed by atoms with van der Waals surface area (Å²) in [5, 5.41) is 0.0948. The van der Waals surface area contributed by atoms with E-state index in [0.717, 1.165) is 6.07 Å². The molecule has 0 aliphatic carbocycles. The van der Waals surface area contributed by atoms with Crippen molar-refractivity contribution in [2.75, 3.05) is 0 Å². The van der Waals surface area contributed by atoms with Gasteiger partial charge in [0.1, 0.15) is 0 Å². The molecule has 0 aliphatic heterocycles. The van der Waals surface area contributed by atoms with Crippen molar-refractivity contribution in [3.05, 3.63) is 33.2 Å². The molecule has 14 heavy (non-hydrogen) atoms. The first-order valence-electron chi connectivity index (χ1n) is 3.65. The number of pyridine rings is 1. The maximum Gasteiger partial charge on any atom is 0.264 e. The van der Waals surface area contributed by atoms with Crippen molar-refractivity contribution in [3.63, 3.8) is 0 Å². The minimum atomic E-state index is -2.76. The van der Waals surface area contributed by atoms with Crippen molar-refractivity contribution in [2.24, 2.45) is 0 Å². The number of halogens is 3. The monoisotopic (exact) mass is 265 g/mol. The number of aromatic amines is 1. The second-order valence-electron chi connectivity index (χ2n) is 2.53. The maximum atomic E-state index is 12.4. The van der Waals surface area contributed by atoms with Crippen LogP contribution in [0.1, 0.15) is 28.0 Å². The fraction of sp³-hybridized carbons (Fsp3) is 0.250. The molecule has 0 unspecified atom stereocenters. The van der Waals surface area contributed by atoms with Crippen molar-refractivity contribution in [2.45, 2.75) is 11.8 Å². The van der Waals surface area contributed by atoms with Gasteiger partial charge in [-0.05, 0) is 5.56 Å². The van der Waals surface area contributed by atoms with Gasteiger partial charge in [0, 0.05) is 17.0 Å². The third-order valence-corrected chi connectivity index (χ3v) is 2.27. The molecule has 1 aromatic heterocycles. The van der Waals surface area contributed by atoms with Crippen LogP contribution in [-0.4, -0.2) is 11.3 Å². The zero-order valence-corrected chi connectivity index (χ0v) is 8.48. The Hall–Kier alpha value is -1.04. The fourth-order valence-electron chi connectivity index (χ4n) is 1.07. The minimum Gasteiger partial charge on any atom is -0.319 e. The van der Waals surface area contributed by atoms with Crippen LogP contribution in [0.2, 0.25) is 0 Å². The first-order valence-corrected chi connectivity index (χ1v) is 4.77. The van der Waals surface area contributed by atoms with Gasteiger partial charge < -0.3 is 4.98 Å². The zero-order chi connectivity index (χ0) is 10.7. The van der Waals surface area contributed by atoms with Crippen molar-refractivity contribution in [1.82, 2.24) is 4.98 Å². The summed E-state index contributed by atoms with van der Waals surface area (Å²) >= 11 is 2.98. The molecular weight excluding hydrogens is 260 g/mol. The Morgan fingerprint density at radius 3 is 2.64 bits per heavy atom. The lowest BCUT2D eigenvalue weighted by Crippen LogP contribution is -2.13. The number of hydrogen-bond acceptors (Lipinski definition) is 2. The van der Waals surface area contributed by atoms with E-state index >= 15 is 0 Å². The van der Waals surface area contributed by atoms with Gasteiger partial charge in [0.05, 0.1) is 5.69 Å². The van der Waals surface area contributed by atoms with Gasteiger partial charge in [-0.1, -0.05) is 15.9 Å². The highest BCUT2D eigenvalue weighted by Gasteiger charge is 2.16. The molecule has 0 fully saturated rings. The molecule has 0 saturated heterocycles. The molecule has 0 atom stereocenters. The van der Waals surface area contributed by atoms with Crippen LogP contribution >= 0.6 is 15.9 Å². The number of H-pyrrole nitrogens is 1. The van der Waals surface area contributed by atoms with Crippen LogP contribution in [0.25, 0.3) is 0 Å². The molecule has 1 aromatic rings. The minimum absolute atomic E-state index is 0.0948. The van der Waals surface area contributed by atoms with E-state index in [1.54, 1.807) is 0 Å². The molecule has 0 spiro atoms. The topological polar surface area (TPSA) is 49.9 Å². The average Bonchev–Trinajstić information content (AvgIpc) is 2.16. The summed E-state index contributed by atoms with van der Waals surface area (Å²) in [6.45, 7) is 0. The number of alkyl halides is 3. The molecule has 0 amide bonds. The number of nitrogens with one attached hydrogen (secondary N) is 1. The van der Waals surface area contributed by atoms with Crippen LogP contribution in [0.4, 0.5) is 8.78 Å². The number of rotatable bonds is 3. The van der Waals surface area contributed by atoms with Gasteiger partial charge >= 0.3 is 0 Å². The van der Waals surface area contributed by atoms with E-state index in [4.69, 9.17) is 0 Å². The van der Waals surface area contributed by atoms with Crippen LogP contribution in [0.3, 0.4) is 0 Å². The summed E-state index contributed by atoms with van der Waals surface area (Å²) in [6, 6.07) is 0.800. The van der Waals surface area contributed by atoms with Crippen LogP contribution in [0.15, 0.2) is 10.9 Å². The van der Waals surface area contributed by atoms with Crippen molar-refractivity contribution < 1.29 is 13.6 Å². The van der Waals surface area contributed by atoms with E-state index in [1.165, 1.54) is 0 Å². The summed E-state index contributed by atoms with van der Waals surface area (Å²) in [6.07, 6.45) is -2.41. The van der Waals surface area contributed by atoms with Gasteiger partial charge in [0.2, 0.25) is 5.56 Å². The molecule has 0 aromatic carbocycles. The van der Waals surface area contributed by atoms with Crippen molar-refractivity contribution in [3.8, 4) is 0 Å². The number of hydrogen-bond donors (Lipinski definition) is 1. The zero-order valence-electron chi connectivity index (χ0n) is 6.89. The lowest BCUT2D eigenvalue weighted by Gasteiger charge is -2.07. The summed E-state index contributed by atoms with van der Waals surface area (Å²) < 4.78 is 24.8. The third kappa shape index (κ3) is 2.06. The molecule has 0 radical (unpaired) electrons.